The number of aryl methyl sites for hydroxylation is 1. The number of nitrogens with one attached hydrogen (secondary N) is 2. The molecule has 0 aliphatic carbocycles. The van der Waals surface area contributed by atoms with E-state index in [9.17, 15) is 14.4 Å². The Hall–Kier alpha value is -3.52. The zero-order chi connectivity index (χ0) is 20.8. The Kier molecular flexibility index (Phi) is 6.36. The quantitative estimate of drug-likeness (QED) is 0.498. The lowest BCUT2D eigenvalue weighted by Crippen LogP contribution is -2.46. The molecule has 0 fully saturated rings. The van der Waals surface area contributed by atoms with Gasteiger partial charge in [-0.15, -0.1) is 11.3 Å². The zero-order valence-corrected chi connectivity index (χ0v) is 16.7. The van der Waals surface area contributed by atoms with Crippen LogP contribution in [0.25, 0.3) is 11.3 Å². The Morgan fingerprint density at radius 3 is 2.24 bits per heavy atom. The van der Waals surface area contributed by atoms with Gasteiger partial charge in [0.05, 0.1) is 10.7 Å². The molecule has 0 spiro atoms. The van der Waals surface area contributed by atoms with Gasteiger partial charge in [0.25, 0.3) is 11.8 Å². The highest BCUT2D eigenvalue weighted by molar-refractivity contribution is 7.14. The molecule has 1 atom stereocenters. The molecule has 2 aromatic carbocycles. The summed E-state index contributed by atoms with van der Waals surface area (Å²) in [5.41, 5.74) is 6.25. The van der Waals surface area contributed by atoms with Gasteiger partial charge in [-0.2, -0.15) is 0 Å². The fourth-order valence-corrected chi connectivity index (χ4v) is 3.33. The van der Waals surface area contributed by atoms with Crippen molar-refractivity contribution in [2.24, 2.45) is 0 Å². The highest BCUT2D eigenvalue weighted by Gasteiger charge is 2.24. The first-order chi connectivity index (χ1) is 14.0. The number of thiazole rings is 1. The molecule has 3 rings (SSSR count). The standard InChI is InChI=1S/C21H19N3O4S/c1-13(19(25)23-24-20(26)16-11-7-4-8-12-16)28-21(27)18-17(22-14(2)29-18)15-9-5-3-6-10-15/h3-13H,1-2H3,(H,23,25)(H,24,26)/t13-/m0/s1. The normalized spacial score (nSPS) is 11.4. The number of esters is 1. The van der Waals surface area contributed by atoms with Crippen LogP contribution in [0.4, 0.5) is 0 Å². The largest absolute Gasteiger partial charge is 0.448 e. The molecule has 2 N–H and O–H groups in total. The molecule has 0 bridgehead atoms. The van der Waals surface area contributed by atoms with Gasteiger partial charge in [-0.25, -0.2) is 9.78 Å². The molecule has 1 heterocycles. The van der Waals surface area contributed by atoms with Gasteiger partial charge in [0.2, 0.25) is 0 Å². The fraction of sp³-hybridized carbons (Fsp3) is 0.143. The number of nitrogens with zero attached hydrogens (tertiary/aromatic N) is 1. The van der Waals surface area contributed by atoms with Gasteiger partial charge < -0.3 is 4.74 Å². The number of ether oxygens (including phenoxy) is 1. The first-order valence-electron chi connectivity index (χ1n) is 8.85. The van der Waals surface area contributed by atoms with E-state index in [1.807, 2.05) is 30.3 Å². The summed E-state index contributed by atoms with van der Waals surface area (Å²) < 4.78 is 5.28. The van der Waals surface area contributed by atoms with Crippen LogP contribution in [0.1, 0.15) is 32.0 Å². The minimum absolute atomic E-state index is 0.321. The van der Waals surface area contributed by atoms with Crippen molar-refractivity contribution in [2.45, 2.75) is 20.0 Å². The number of carbonyl (C=O) groups is 3. The molecular weight excluding hydrogens is 390 g/mol. The van der Waals surface area contributed by atoms with Crippen LogP contribution in [0, 0.1) is 6.92 Å². The number of carbonyl (C=O) groups excluding carboxylic acids is 3. The van der Waals surface area contributed by atoms with Crippen LogP contribution in [0.15, 0.2) is 60.7 Å². The fourth-order valence-electron chi connectivity index (χ4n) is 2.51. The van der Waals surface area contributed by atoms with Crippen LogP contribution in [0.3, 0.4) is 0 Å². The van der Waals surface area contributed by atoms with Crippen molar-refractivity contribution in [2.75, 3.05) is 0 Å². The number of rotatable bonds is 5. The Labute approximate surface area is 171 Å². The zero-order valence-electron chi connectivity index (χ0n) is 15.8. The Balaban J connectivity index is 1.62. The van der Waals surface area contributed by atoms with Gasteiger partial charge in [-0.05, 0) is 26.0 Å². The smallest absolute Gasteiger partial charge is 0.351 e. The predicted molar refractivity (Wildman–Crippen MR) is 109 cm³/mol. The molecule has 1 aromatic heterocycles. The Morgan fingerprint density at radius 2 is 1.59 bits per heavy atom. The van der Waals surface area contributed by atoms with Crippen LogP contribution >= 0.6 is 11.3 Å². The summed E-state index contributed by atoms with van der Waals surface area (Å²) in [6.07, 6.45) is -1.11. The van der Waals surface area contributed by atoms with Crippen molar-refractivity contribution in [3.05, 3.63) is 76.1 Å². The summed E-state index contributed by atoms with van der Waals surface area (Å²) in [6, 6.07) is 17.7. The monoisotopic (exact) mass is 409 g/mol. The minimum atomic E-state index is -1.11. The van der Waals surface area contributed by atoms with E-state index in [1.54, 1.807) is 37.3 Å². The van der Waals surface area contributed by atoms with Crippen LogP contribution in [0.2, 0.25) is 0 Å². The molecule has 0 aliphatic rings. The van der Waals surface area contributed by atoms with Crippen LogP contribution in [0.5, 0.6) is 0 Å². The number of benzene rings is 2. The predicted octanol–water partition coefficient (Wildman–Crippen LogP) is 3.13. The third-order valence-electron chi connectivity index (χ3n) is 3.95. The van der Waals surface area contributed by atoms with E-state index in [2.05, 4.69) is 15.8 Å². The Morgan fingerprint density at radius 1 is 0.966 bits per heavy atom. The molecule has 0 aliphatic heterocycles. The third-order valence-corrected chi connectivity index (χ3v) is 4.91. The maximum absolute atomic E-state index is 12.6. The number of hydrazine groups is 1. The summed E-state index contributed by atoms with van der Waals surface area (Å²) in [7, 11) is 0. The molecule has 7 nitrogen and oxygen atoms in total. The lowest BCUT2D eigenvalue weighted by atomic mass is 10.1. The van der Waals surface area contributed by atoms with Crippen molar-refractivity contribution in [3.63, 3.8) is 0 Å². The van der Waals surface area contributed by atoms with E-state index in [-0.39, 0.29) is 0 Å². The number of amides is 2. The number of hydrogen-bond donors (Lipinski definition) is 2. The first kappa shape index (κ1) is 20.2. The number of hydrogen-bond acceptors (Lipinski definition) is 6. The van der Waals surface area contributed by atoms with Crippen LogP contribution in [-0.2, 0) is 9.53 Å². The lowest BCUT2D eigenvalue weighted by Gasteiger charge is -2.14. The second kappa shape index (κ2) is 9.11. The van der Waals surface area contributed by atoms with Crippen LogP contribution in [-0.4, -0.2) is 28.9 Å². The van der Waals surface area contributed by atoms with Crippen molar-refractivity contribution >= 4 is 29.1 Å². The van der Waals surface area contributed by atoms with Gasteiger partial charge in [0.1, 0.15) is 4.88 Å². The average molecular weight is 409 g/mol. The molecule has 0 saturated heterocycles. The average Bonchev–Trinajstić information content (AvgIpc) is 3.14. The molecule has 0 saturated carbocycles. The van der Waals surface area contributed by atoms with Crippen molar-refractivity contribution in [3.8, 4) is 11.3 Å². The number of aromatic nitrogens is 1. The van der Waals surface area contributed by atoms with Gasteiger partial charge in [-0.1, -0.05) is 48.5 Å². The van der Waals surface area contributed by atoms with E-state index in [1.165, 1.54) is 18.3 Å². The highest BCUT2D eigenvalue weighted by Crippen LogP contribution is 2.28. The van der Waals surface area contributed by atoms with Crippen molar-refractivity contribution < 1.29 is 19.1 Å². The molecule has 3 aromatic rings. The summed E-state index contributed by atoms with van der Waals surface area (Å²) in [6.45, 7) is 3.22. The Bertz CT molecular complexity index is 1020. The molecule has 148 valence electrons. The summed E-state index contributed by atoms with van der Waals surface area (Å²) in [4.78, 5) is 41.5. The SMILES string of the molecule is Cc1nc(-c2ccccc2)c(C(=O)O[C@@H](C)C(=O)NNC(=O)c2ccccc2)s1. The van der Waals surface area contributed by atoms with E-state index in [4.69, 9.17) is 4.74 Å². The molecule has 0 radical (unpaired) electrons. The minimum Gasteiger partial charge on any atom is -0.448 e. The molecule has 0 unspecified atom stereocenters. The van der Waals surface area contributed by atoms with E-state index in [0.29, 0.717) is 21.1 Å². The van der Waals surface area contributed by atoms with Gasteiger partial charge in [0, 0.05) is 11.1 Å². The highest BCUT2D eigenvalue weighted by atomic mass is 32.1. The van der Waals surface area contributed by atoms with Gasteiger partial charge in [0.15, 0.2) is 6.10 Å². The van der Waals surface area contributed by atoms with Crippen molar-refractivity contribution in [1.29, 1.82) is 0 Å². The topological polar surface area (TPSA) is 97.4 Å². The second-order valence-electron chi connectivity index (χ2n) is 6.13. The summed E-state index contributed by atoms with van der Waals surface area (Å²) in [5.74, 6) is -1.77. The lowest BCUT2D eigenvalue weighted by molar-refractivity contribution is -0.129. The van der Waals surface area contributed by atoms with Gasteiger partial charge >= 0.3 is 5.97 Å². The van der Waals surface area contributed by atoms with E-state index >= 15 is 0 Å². The molecule has 29 heavy (non-hydrogen) atoms. The van der Waals surface area contributed by atoms with E-state index in [0.717, 1.165) is 5.56 Å². The van der Waals surface area contributed by atoms with Gasteiger partial charge in [-0.3, -0.25) is 20.4 Å². The molecule has 8 heteroatoms. The first-order valence-corrected chi connectivity index (χ1v) is 9.66. The summed E-state index contributed by atoms with van der Waals surface area (Å²) >= 11 is 1.20. The maximum Gasteiger partial charge on any atom is 0.351 e. The maximum atomic E-state index is 12.6. The molecular formula is C21H19N3O4S. The third kappa shape index (κ3) is 5.05. The molecule has 2 amide bonds. The van der Waals surface area contributed by atoms with Crippen LogP contribution < -0.4 is 10.9 Å². The van der Waals surface area contributed by atoms with E-state index < -0.39 is 23.9 Å². The summed E-state index contributed by atoms with van der Waals surface area (Å²) in [5, 5.41) is 0.711. The second-order valence-corrected chi connectivity index (χ2v) is 7.34. The van der Waals surface area contributed by atoms with Crippen molar-refractivity contribution in [1.82, 2.24) is 15.8 Å².